The SMILES string of the molecule is Cc1nn(Cc2ncnn2CC(C)C)c(C)c1CCl. The summed E-state index contributed by atoms with van der Waals surface area (Å²) in [5, 5.41) is 8.80. The van der Waals surface area contributed by atoms with E-state index in [2.05, 4.69) is 29.0 Å². The number of hydrogen-bond acceptors (Lipinski definition) is 3. The van der Waals surface area contributed by atoms with Crippen molar-refractivity contribution >= 4 is 11.6 Å². The van der Waals surface area contributed by atoms with E-state index >= 15 is 0 Å². The van der Waals surface area contributed by atoms with Gasteiger partial charge >= 0.3 is 0 Å². The van der Waals surface area contributed by atoms with Crippen LogP contribution in [0.25, 0.3) is 0 Å². The van der Waals surface area contributed by atoms with Gasteiger partial charge in [-0.2, -0.15) is 10.2 Å². The molecule has 0 saturated heterocycles. The zero-order valence-electron chi connectivity index (χ0n) is 11.9. The highest BCUT2D eigenvalue weighted by Crippen LogP contribution is 2.16. The van der Waals surface area contributed by atoms with Crippen LogP contribution >= 0.6 is 11.6 Å². The van der Waals surface area contributed by atoms with Gasteiger partial charge in [-0.3, -0.25) is 4.68 Å². The van der Waals surface area contributed by atoms with Gasteiger partial charge in [-0.1, -0.05) is 13.8 Å². The van der Waals surface area contributed by atoms with Crippen molar-refractivity contribution in [3.8, 4) is 0 Å². The number of halogens is 1. The van der Waals surface area contributed by atoms with Gasteiger partial charge in [0.15, 0.2) is 0 Å². The van der Waals surface area contributed by atoms with Gasteiger partial charge < -0.3 is 0 Å². The van der Waals surface area contributed by atoms with Crippen LogP contribution in [0.3, 0.4) is 0 Å². The second-order valence-corrected chi connectivity index (χ2v) is 5.46. The minimum atomic E-state index is 0.496. The fourth-order valence-corrected chi connectivity index (χ4v) is 2.51. The van der Waals surface area contributed by atoms with Crippen molar-refractivity contribution in [3.63, 3.8) is 0 Å². The molecule has 0 aliphatic rings. The number of rotatable bonds is 5. The van der Waals surface area contributed by atoms with Crippen LogP contribution in [0.5, 0.6) is 0 Å². The van der Waals surface area contributed by atoms with Crippen molar-refractivity contribution in [2.45, 2.75) is 46.7 Å². The first-order valence-electron chi connectivity index (χ1n) is 6.48. The van der Waals surface area contributed by atoms with Crippen LogP contribution in [0.15, 0.2) is 6.33 Å². The molecule has 104 valence electrons. The largest absolute Gasteiger partial charge is 0.262 e. The van der Waals surface area contributed by atoms with E-state index in [9.17, 15) is 0 Å². The fourth-order valence-electron chi connectivity index (χ4n) is 2.12. The molecule has 0 N–H and O–H groups in total. The molecule has 2 aromatic heterocycles. The third-order valence-corrected chi connectivity index (χ3v) is 3.46. The van der Waals surface area contributed by atoms with Crippen molar-refractivity contribution in [3.05, 3.63) is 29.1 Å². The lowest BCUT2D eigenvalue weighted by molar-refractivity contribution is 0.455. The molecule has 19 heavy (non-hydrogen) atoms. The van der Waals surface area contributed by atoms with Crippen molar-refractivity contribution in [2.24, 2.45) is 5.92 Å². The normalized spacial score (nSPS) is 11.5. The lowest BCUT2D eigenvalue weighted by atomic mass is 10.2. The molecule has 2 rings (SSSR count). The van der Waals surface area contributed by atoms with Crippen LogP contribution < -0.4 is 0 Å². The van der Waals surface area contributed by atoms with E-state index in [0.717, 1.165) is 29.3 Å². The fraction of sp³-hybridized carbons (Fsp3) is 0.615. The average molecular weight is 282 g/mol. The number of hydrogen-bond donors (Lipinski definition) is 0. The molecule has 0 fully saturated rings. The van der Waals surface area contributed by atoms with Crippen LogP contribution in [-0.2, 0) is 19.0 Å². The number of nitrogens with zero attached hydrogens (tertiary/aromatic N) is 5. The molecule has 0 unspecified atom stereocenters. The van der Waals surface area contributed by atoms with Crippen molar-refractivity contribution in [1.82, 2.24) is 24.5 Å². The Hall–Kier alpha value is -1.36. The van der Waals surface area contributed by atoms with Crippen molar-refractivity contribution < 1.29 is 0 Å². The Bertz CT molecular complexity index is 555. The van der Waals surface area contributed by atoms with Crippen LogP contribution in [0.1, 0.15) is 36.6 Å². The summed E-state index contributed by atoms with van der Waals surface area (Å²) in [5.41, 5.74) is 3.20. The first-order valence-corrected chi connectivity index (χ1v) is 7.02. The Labute approximate surface area is 118 Å². The van der Waals surface area contributed by atoms with E-state index < -0.39 is 0 Å². The molecule has 0 aliphatic heterocycles. The molecule has 0 saturated carbocycles. The highest BCUT2D eigenvalue weighted by Gasteiger charge is 2.13. The van der Waals surface area contributed by atoms with Crippen LogP contribution in [0, 0.1) is 19.8 Å². The van der Waals surface area contributed by atoms with Gasteiger partial charge in [0, 0.05) is 17.8 Å². The summed E-state index contributed by atoms with van der Waals surface area (Å²) >= 11 is 5.95. The molecular weight excluding hydrogens is 262 g/mol. The summed E-state index contributed by atoms with van der Waals surface area (Å²) in [4.78, 5) is 4.33. The van der Waals surface area contributed by atoms with Gasteiger partial charge in [-0.05, 0) is 19.8 Å². The predicted octanol–water partition coefficient (Wildman–Crippen LogP) is 2.53. The summed E-state index contributed by atoms with van der Waals surface area (Å²) in [7, 11) is 0. The van der Waals surface area contributed by atoms with Gasteiger partial charge in [0.05, 0.1) is 11.6 Å². The molecule has 0 radical (unpaired) electrons. The Morgan fingerprint density at radius 3 is 2.58 bits per heavy atom. The molecule has 0 aliphatic carbocycles. The lowest BCUT2D eigenvalue weighted by Gasteiger charge is -2.09. The van der Waals surface area contributed by atoms with Crippen LogP contribution in [-0.4, -0.2) is 24.5 Å². The van der Waals surface area contributed by atoms with Crippen molar-refractivity contribution in [1.29, 1.82) is 0 Å². The Morgan fingerprint density at radius 2 is 2.00 bits per heavy atom. The molecule has 0 aromatic carbocycles. The number of aryl methyl sites for hydroxylation is 1. The Balaban J connectivity index is 2.24. The third-order valence-electron chi connectivity index (χ3n) is 3.19. The van der Waals surface area contributed by atoms with Gasteiger partial charge in [0.25, 0.3) is 0 Å². The molecule has 2 aromatic rings. The van der Waals surface area contributed by atoms with Gasteiger partial charge in [-0.25, -0.2) is 9.67 Å². The maximum Gasteiger partial charge on any atom is 0.148 e. The molecule has 2 heterocycles. The van der Waals surface area contributed by atoms with Gasteiger partial charge in [0.1, 0.15) is 18.7 Å². The summed E-state index contributed by atoms with van der Waals surface area (Å²) in [5.74, 6) is 1.97. The average Bonchev–Trinajstić information content (AvgIpc) is 2.85. The lowest BCUT2D eigenvalue weighted by Crippen LogP contribution is -2.14. The smallest absolute Gasteiger partial charge is 0.148 e. The molecule has 0 bridgehead atoms. The van der Waals surface area contributed by atoms with Crippen molar-refractivity contribution in [2.75, 3.05) is 0 Å². The van der Waals surface area contributed by atoms with E-state index in [1.807, 2.05) is 23.2 Å². The third kappa shape index (κ3) is 2.97. The molecule has 0 amide bonds. The topological polar surface area (TPSA) is 48.5 Å². The zero-order valence-corrected chi connectivity index (χ0v) is 12.6. The first-order chi connectivity index (χ1) is 9.02. The van der Waals surface area contributed by atoms with E-state index in [1.165, 1.54) is 0 Å². The quantitative estimate of drug-likeness (QED) is 0.792. The maximum absolute atomic E-state index is 5.95. The maximum atomic E-state index is 5.95. The zero-order chi connectivity index (χ0) is 14.0. The summed E-state index contributed by atoms with van der Waals surface area (Å²) in [6.45, 7) is 9.87. The molecule has 0 atom stereocenters. The van der Waals surface area contributed by atoms with Gasteiger partial charge in [-0.15, -0.1) is 11.6 Å². The standard InChI is InChI=1S/C13H20ClN5/c1-9(2)6-19-13(15-8-16-19)7-18-11(4)12(5-14)10(3)17-18/h8-9H,5-7H2,1-4H3. The first kappa shape index (κ1) is 14.1. The van der Waals surface area contributed by atoms with E-state index in [4.69, 9.17) is 11.6 Å². The predicted molar refractivity (Wildman–Crippen MR) is 75.2 cm³/mol. The summed E-state index contributed by atoms with van der Waals surface area (Å²) in [6.07, 6.45) is 1.60. The molecule has 6 heteroatoms. The van der Waals surface area contributed by atoms with E-state index in [0.29, 0.717) is 18.3 Å². The van der Waals surface area contributed by atoms with E-state index in [-0.39, 0.29) is 0 Å². The Kier molecular flexibility index (Phi) is 4.24. The summed E-state index contributed by atoms with van der Waals surface area (Å²) < 4.78 is 3.90. The molecule has 5 nitrogen and oxygen atoms in total. The second kappa shape index (κ2) is 5.74. The monoisotopic (exact) mass is 281 g/mol. The second-order valence-electron chi connectivity index (χ2n) is 5.19. The highest BCUT2D eigenvalue weighted by molar-refractivity contribution is 6.17. The molecule has 0 spiro atoms. The Morgan fingerprint density at radius 1 is 1.26 bits per heavy atom. The minimum Gasteiger partial charge on any atom is -0.262 e. The molecular formula is C13H20ClN5. The number of alkyl halides is 1. The summed E-state index contributed by atoms with van der Waals surface area (Å²) in [6, 6.07) is 0. The van der Waals surface area contributed by atoms with E-state index in [1.54, 1.807) is 6.33 Å². The minimum absolute atomic E-state index is 0.496. The number of aromatic nitrogens is 5. The van der Waals surface area contributed by atoms with Crippen LogP contribution in [0.2, 0.25) is 0 Å². The highest BCUT2D eigenvalue weighted by atomic mass is 35.5. The van der Waals surface area contributed by atoms with Gasteiger partial charge in [0.2, 0.25) is 0 Å². The van der Waals surface area contributed by atoms with Crippen LogP contribution in [0.4, 0.5) is 0 Å².